The second kappa shape index (κ2) is 6.55. The highest BCUT2D eigenvalue weighted by Crippen LogP contribution is 2.30. The molecule has 2 heterocycles. The van der Waals surface area contributed by atoms with Crippen molar-refractivity contribution in [3.05, 3.63) is 23.5 Å². The Balaban J connectivity index is 2.23. The van der Waals surface area contributed by atoms with Crippen molar-refractivity contribution in [2.24, 2.45) is 0 Å². The van der Waals surface area contributed by atoms with Gasteiger partial charge in [0.05, 0.1) is 5.60 Å². The van der Waals surface area contributed by atoms with Crippen LogP contribution in [0.4, 0.5) is 5.69 Å². The summed E-state index contributed by atoms with van der Waals surface area (Å²) in [6.45, 7) is 10.3. The second-order valence-corrected chi connectivity index (χ2v) is 5.91. The van der Waals surface area contributed by atoms with E-state index >= 15 is 0 Å². The first-order valence-corrected chi connectivity index (χ1v) is 7.54. The number of pyridine rings is 1. The van der Waals surface area contributed by atoms with E-state index in [-0.39, 0.29) is 5.60 Å². The van der Waals surface area contributed by atoms with Crippen molar-refractivity contribution >= 4 is 5.69 Å². The molecule has 1 atom stereocenters. The van der Waals surface area contributed by atoms with Gasteiger partial charge in [0, 0.05) is 49.9 Å². The number of hydrogen-bond acceptors (Lipinski definition) is 4. The Labute approximate surface area is 122 Å². The van der Waals surface area contributed by atoms with E-state index < -0.39 is 0 Å². The van der Waals surface area contributed by atoms with Gasteiger partial charge in [0.1, 0.15) is 0 Å². The maximum Gasteiger partial charge on any atom is 0.0825 e. The highest BCUT2D eigenvalue weighted by atomic mass is 16.5. The summed E-state index contributed by atoms with van der Waals surface area (Å²) in [6.07, 6.45) is 4.31. The Kier molecular flexibility index (Phi) is 5.00. The summed E-state index contributed by atoms with van der Waals surface area (Å²) in [7, 11) is 1.82. The summed E-state index contributed by atoms with van der Waals surface area (Å²) in [5, 5.41) is 3.40. The van der Waals surface area contributed by atoms with E-state index in [2.05, 4.69) is 42.0 Å². The Morgan fingerprint density at radius 1 is 1.50 bits per heavy atom. The Hall–Kier alpha value is -1.13. The molecular weight excluding hydrogens is 250 g/mol. The predicted molar refractivity (Wildman–Crippen MR) is 83.2 cm³/mol. The molecule has 1 saturated heterocycles. The van der Waals surface area contributed by atoms with E-state index in [4.69, 9.17) is 4.74 Å². The van der Waals surface area contributed by atoms with Gasteiger partial charge in [0.2, 0.25) is 0 Å². The fraction of sp³-hybridized carbons (Fsp3) is 0.688. The number of aryl methyl sites for hydroxylation is 1. The molecule has 0 aromatic carbocycles. The first kappa shape index (κ1) is 15.3. The normalized spacial score (nSPS) is 23.1. The van der Waals surface area contributed by atoms with Gasteiger partial charge in [-0.1, -0.05) is 6.92 Å². The molecule has 0 spiro atoms. The van der Waals surface area contributed by atoms with E-state index in [1.54, 1.807) is 0 Å². The summed E-state index contributed by atoms with van der Waals surface area (Å²) in [5.74, 6) is 0. The molecule has 4 nitrogen and oxygen atoms in total. The fourth-order valence-corrected chi connectivity index (χ4v) is 2.84. The quantitative estimate of drug-likeness (QED) is 0.897. The molecule has 1 aliphatic rings. The van der Waals surface area contributed by atoms with Crippen molar-refractivity contribution in [1.29, 1.82) is 0 Å². The summed E-state index contributed by atoms with van der Waals surface area (Å²) < 4.78 is 5.71. The van der Waals surface area contributed by atoms with Gasteiger partial charge in [-0.3, -0.25) is 4.98 Å². The van der Waals surface area contributed by atoms with Crippen LogP contribution in [0.1, 0.15) is 37.9 Å². The Morgan fingerprint density at radius 3 is 3.00 bits per heavy atom. The van der Waals surface area contributed by atoms with Crippen molar-refractivity contribution in [1.82, 2.24) is 10.3 Å². The molecule has 0 amide bonds. The minimum atomic E-state index is -0.0368. The molecule has 0 radical (unpaired) electrons. The van der Waals surface area contributed by atoms with E-state index in [0.29, 0.717) is 0 Å². The number of aromatic nitrogens is 1. The van der Waals surface area contributed by atoms with Crippen molar-refractivity contribution in [2.75, 3.05) is 31.6 Å². The summed E-state index contributed by atoms with van der Waals surface area (Å²) in [5.41, 5.74) is 3.62. The Bertz CT molecular complexity index is 449. The molecule has 112 valence electrons. The number of nitrogens with zero attached hydrogens (tertiary/aromatic N) is 2. The second-order valence-electron chi connectivity index (χ2n) is 5.91. The Morgan fingerprint density at radius 2 is 2.30 bits per heavy atom. The molecule has 4 heteroatoms. The van der Waals surface area contributed by atoms with Crippen LogP contribution >= 0.6 is 0 Å². The maximum atomic E-state index is 5.71. The maximum absolute atomic E-state index is 5.71. The van der Waals surface area contributed by atoms with Crippen molar-refractivity contribution in [2.45, 2.75) is 45.8 Å². The summed E-state index contributed by atoms with van der Waals surface area (Å²) in [6, 6.07) is 2.20. The topological polar surface area (TPSA) is 37.4 Å². The number of methoxy groups -OCH3 is 1. The zero-order valence-electron chi connectivity index (χ0n) is 13.2. The minimum Gasteiger partial charge on any atom is -0.377 e. The van der Waals surface area contributed by atoms with Crippen LogP contribution in [-0.4, -0.2) is 37.3 Å². The lowest BCUT2D eigenvalue weighted by atomic mass is 9.94. The van der Waals surface area contributed by atoms with Gasteiger partial charge < -0.3 is 15.0 Å². The van der Waals surface area contributed by atoms with Gasteiger partial charge in [0.25, 0.3) is 0 Å². The van der Waals surface area contributed by atoms with Crippen molar-refractivity contribution in [3.8, 4) is 0 Å². The molecule has 1 N–H and O–H groups in total. The standard InChI is InChI=1S/C16H27N3O/c1-5-17-10-14-11-18-13(2)9-15(14)19-8-6-7-16(3,12-19)20-4/h9,11,17H,5-8,10,12H2,1-4H3. The molecular formula is C16H27N3O. The zero-order chi connectivity index (χ0) is 14.6. The molecule has 1 fully saturated rings. The molecule has 1 aromatic rings. The number of anilines is 1. The van der Waals surface area contributed by atoms with E-state index in [9.17, 15) is 0 Å². The summed E-state index contributed by atoms with van der Waals surface area (Å²) in [4.78, 5) is 6.90. The lowest BCUT2D eigenvalue weighted by Gasteiger charge is -2.41. The first-order chi connectivity index (χ1) is 9.58. The molecule has 2 rings (SSSR count). The van der Waals surface area contributed by atoms with Gasteiger partial charge in [-0.15, -0.1) is 0 Å². The molecule has 0 bridgehead atoms. The third-order valence-corrected chi connectivity index (χ3v) is 4.16. The van der Waals surface area contributed by atoms with Crippen LogP contribution in [0.15, 0.2) is 12.3 Å². The van der Waals surface area contributed by atoms with Crippen molar-refractivity contribution < 1.29 is 4.74 Å². The number of piperidine rings is 1. The number of ether oxygens (including phenoxy) is 1. The van der Waals surface area contributed by atoms with E-state index in [1.807, 2.05) is 13.3 Å². The predicted octanol–water partition coefficient (Wildman–Crippen LogP) is 2.50. The fourth-order valence-electron chi connectivity index (χ4n) is 2.84. The third kappa shape index (κ3) is 3.49. The average Bonchev–Trinajstić information content (AvgIpc) is 2.46. The minimum absolute atomic E-state index is 0.0368. The van der Waals surface area contributed by atoms with Crippen LogP contribution < -0.4 is 10.2 Å². The van der Waals surface area contributed by atoms with Crippen LogP contribution in [0.3, 0.4) is 0 Å². The molecule has 20 heavy (non-hydrogen) atoms. The van der Waals surface area contributed by atoms with E-state index in [1.165, 1.54) is 17.7 Å². The van der Waals surface area contributed by atoms with Gasteiger partial charge in [-0.05, 0) is 39.3 Å². The number of nitrogens with one attached hydrogen (secondary N) is 1. The smallest absolute Gasteiger partial charge is 0.0825 e. The monoisotopic (exact) mass is 277 g/mol. The molecule has 1 unspecified atom stereocenters. The zero-order valence-corrected chi connectivity index (χ0v) is 13.2. The molecule has 1 aliphatic heterocycles. The SMILES string of the molecule is CCNCc1cnc(C)cc1N1CCCC(C)(OC)C1. The van der Waals surface area contributed by atoms with Gasteiger partial charge in [0.15, 0.2) is 0 Å². The van der Waals surface area contributed by atoms with Gasteiger partial charge in [-0.25, -0.2) is 0 Å². The lowest BCUT2D eigenvalue weighted by Crippen LogP contribution is -2.47. The van der Waals surface area contributed by atoms with Crippen LogP contribution in [0.25, 0.3) is 0 Å². The first-order valence-electron chi connectivity index (χ1n) is 7.54. The number of rotatable bonds is 5. The molecule has 1 aromatic heterocycles. The van der Waals surface area contributed by atoms with Crippen LogP contribution in [0.5, 0.6) is 0 Å². The van der Waals surface area contributed by atoms with Crippen LogP contribution in [0, 0.1) is 6.92 Å². The third-order valence-electron chi connectivity index (χ3n) is 4.16. The van der Waals surface area contributed by atoms with E-state index in [0.717, 1.165) is 38.3 Å². The molecule has 0 saturated carbocycles. The summed E-state index contributed by atoms with van der Waals surface area (Å²) >= 11 is 0. The average molecular weight is 277 g/mol. The highest BCUT2D eigenvalue weighted by Gasteiger charge is 2.31. The van der Waals surface area contributed by atoms with Crippen LogP contribution in [-0.2, 0) is 11.3 Å². The van der Waals surface area contributed by atoms with Crippen molar-refractivity contribution in [3.63, 3.8) is 0 Å². The largest absolute Gasteiger partial charge is 0.377 e. The number of hydrogen-bond donors (Lipinski definition) is 1. The lowest BCUT2D eigenvalue weighted by molar-refractivity contribution is -0.00469. The molecule has 0 aliphatic carbocycles. The highest BCUT2D eigenvalue weighted by molar-refractivity contribution is 5.54. The van der Waals surface area contributed by atoms with Gasteiger partial charge in [-0.2, -0.15) is 0 Å². The van der Waals surface area contributed by atoms with Gasteiger partial charge >= 0.3 is 0 Å². The van der Waals surface area contributed by atoms with Crippen LogP contribution in [0.2, 0.25) is 0 Å².